The number of nitrogens with zero attached hydrogens (tertiary/aromatic N) is 3. The second kappa shape index (κ2) is 11.3. The topological polar surface area (TPSA) is 97.6 Å². The molecule has 4 aromatic rings. The van der Waals surface area contributed by atoms with Crippen molar-refractivity contribution < 1.29 is 24.1 Å². The fourth-order valence-electron chi connectivity index (χ4n) is 4.73. The van der Waals surface area contributed by atoms with E-state index in [1.165, 1.54) is 0 Å². The third-order valence-electron chi connectivity index (χ3n) is 7.20. The average molecular weight is 545 g/mol. The standard InChI is InChI=1S/C31H37N5O4/c1-22-9-11-23(12-10-22)35-29(21-28(34-35)31(2,3)4)33-30(37)32-26-13-14-27(25-8-6-5-7-24(25)26)40-20-17-36(38)15-18-39-19-16-36/h5-14,21,38H,15-20H2,1-4H3,(H-,32,33,34,37)/p+1. The molecule has 1 aliphatic rings. The number of nitrogens with one attached hydrogen (secondary N) is 2. The first-order chi connectivity index (χ1) is 19.1. The van der Waals surface area contributed by atoms with Crippen molar-refractivity contribution in [3.05, 3.63) is 78.0 Å². The molecule has 0 saturated carbocycles. The summed E-state index contributed by atoms with van der Waals surface area (Å²) in [7, 11) is 0. The van der Waals surface area contributed by atoms with Crippen LogP contribution < -0.4 is 15.4 Å². The second-order valence-electron chi connectivity index (χ2n) is 11.4. The lowest BCUT2D eigenvalue weighted by Crippen LogP contribution is -2.54. The molecule has 2 amide bonds. The van der Waals surface area contributed by atoms with Gasteiger partial charge in [0.15, 0.2) is 0 Å². The number of hydroxylamine groups is 3. The molecule has 1 aromatic heterocycles. The van der Waals surface area contributed by atoms with Gasteiger partial charge in [-0.2, -0.15) is 9.75 Å². The number of benzene rings is 3. The molecule has 5 rings (SSSR count). The Morgan fingerprint density at radius 3 is 2.42 bits per heavy atom. The van der Waals surface area contributed by atoms with Crippen molar-refractivity contribution in [3.8, 4) is 11.4 Å². The molecule has 40 heavy (non-hydrogen) atoms. The van der Waals surface area contributed by atoms with Gasteiger partial charge in [0.05, 0.1) is 30.3 Å². The molecule has 0 unspecified atom stereocenters. The molecule has 3 N–H and O–H groups in total. The normalized spacial score (nSPS) is 15.1. The fourth-order valence-corrected chi connectivity index (χ4v) is 4.73. The Labute approximate surface area is 234 Å². The van der Waals surface area contributed by atoms with Crippen LogP contribution in [0.4, 0.5) is 16.3 Å². The molecular formula is C31H38N5O4+. The van der Waals surface area contributed by atoms with Crippen LogP contribution in [0.1, 0.15) is 32.0 Å². The minimum absolute atomic E-state index is 0.0478. The highest BCUT2D eigenvalue weighted by atomic mass is 16.6. The number of amides is 2. The lowest BCUT2D eigenvalue weighted by molar-refractivity contribution is -1.11. The van der Waals surface area contributed by atoms with E-state index in [0.29, 0.717) is 56.7 Å². The van der Waals surface area contributed by atoms with Crippen molar-refractivity contribution in [3.63, 3.8) is 0 Å². The molecule has 3 aromatic carbocycles. The van der Waals surface area contributed by atoms with Crippen molar-refractivity contribution in [2.24, 2.45) is 0 Å². The lowest BCUT2D eigenvalue weighted by Gasteiger charge is -2.33. The van der Waals surface area contributed by atoms with Crippen LogP contribution in [0.5, 0.6) is 5.75 Å². The first-order valence-electron chi connectivity index (χ1n) is 13.7. The summed E-state index contributed by atoms with van der Waals surface area (Å²) >= 11 is 0. The van der Waals surface area contributed by atoms with Crippen LogP contribution in [0, 0.1) is 6.92 Å². The average Bonchev–Trinajstić information content (AvgIpc) is 3.35. The highest BCUT2D eigenvalue weighted by molar-refractivity contribution is 6.07. The smallest absolute Gasteiger partial charge is 0.324 e. The third kappa shape index (κ3) is 6.28. The number of aromatic nitrogens is 2. The summed E-state index contributed by atoms with van der Waals surface area (Å²) in [6.07, 6.45) is 0. The van der Waals surface area contributed by atoms with Crippen LogP contribution in [-0.4, -0.2) is 65.1 Å². The number of hydrogen-bond acceptors (Lipinski definition) is 5. The maximum Gasteiger partial charge on any atom is 0.324 e. The summed E-state index contributed by atoms with van der Waals surface area (Å²) in [5, 5.41) is 23.2. The van der Waals surface area contributed by atoms with E-state index in [4.69, 9.17) is 14.6 Å². The van der Waals surface area contributed by atoms with Crippen molar-refractivity contribution in [2.75, 3.05) is 50.1 Å². The number of carbonyl (C=O) groups excluding carboxylic acids is 1. The molecule has 2 heterocycles. The lowest BCUT2D eigenvalue weighted by atomic mass is 9.92. The van der Waals surface area contributed by atoms with Gasteiger partial charge >= 0.3 is 6.03 Å². The summed E-state index contributed by atoms with van der Waals surface area (Å²) < 4.78 is 13.2. The van der Waals surface area contributed by atoms with Crippen molar-refractivity contribution in [2.45, 2.75) is 33.1 Å². The van der Waals surface area contributed by atoms with E-state index >= 15 is 0 Å². The van der Waals surface area contributed by atoms with E-state index in [1.807, 2.05) is 73.7 Å². The number of aryl methyl sites for hydroxylation is 1. The maximum atomic E-state index is 13.3. The highest BCUT2D eigenvalue weighted by Gasteiger charge is 2.29. The van der Waals surface area contributed by atoms with Gasteiger partial charge in [0.1, 0.15) is 37.8 Å². The van der Waals surface area contributed by atoms with Crippen LogP contribution >= 0.6 is 0 Å². The number of carbonyl (C=O) groups is 1. The number of quaternary nitrogens is 1. The molecule has 1 saturated heterocycles. The molecule has 9 nitrogen and oxygen atoms in total. The van der Waals surface area contributed by atoms with Gasteiger partial charge in [-0.3, -0.25) is 5.32 Å². The van der Waals surface area contributed by atoms with Gasteiger partial charge < -0.3 is 14.8 Å². The first-order valence-corrected chi connectivity index (χ1v) is 13.7. The number of ether oxygens (including phenoxy) is 2. The SMILES string of the molecule is Cc1ccc(-n2nc(C(C)(C)C)cc2NC(=O)Nc2ccc(OCC[N+]3(O)CCOCC3)c3ccccc23)cc1. The molecular weight excluding hydrogens is 506 g/mol. The number of morpholine rings is 1. The van der Waals surface area contributed by atoms with Gasteiger partial charge in [-0.25, -0.2) is 14.7 Å². The van der Waals surface area contributed by atoms with Crippen LogP contribution in [0.25, 0.3) is 16.5 Å². The summed E-state index contributed by atoms with van der Waals surface area (Å²) in [5.41, 5.74) is 3.37. The predicted molar refractivity (Wildman–Crippen MR) is 157 cm³/mol. The summed E-state index contributed by atoms with van der Waals surface area (Å²) in [6.45, 7) is 11.4. The van der Waals surface area contributed by atoms with Gasteiger partial charge in [0, 0.05) is 22.3 Å². The molecule has 0 bridgehead atoms. The molecule has 9 heteroatoms. The Morgan fingerprint density at radius 1 is 1.02 bits per heavy atom. The Morgan fingerprint density at radius 2 is 1.73 bits per heavy atom. The van der Waals surface area contributed by atoms with E-state index in [9.17, 15) is 10.0 Å². The Bertz CT molecular complexity index is 1480. The van der Waals surface area contributed by atoms with Crippen molar-refractivity contribution in [1.82, 2.24) is 9.78 Å². The number of rotatable bonds is 7. The zero-order chi connectivity index (χ0) is 28.3. The largest absolute Gasteiger partial charge is 0.487 e. The molecule has 0 spiro atoms. The molecule has 210 valence electrons. The first kappa shape index (κ1) is 27.6. The van der Waals surface area contributed by atoms with Crippen molar-refractivity contribution >= 4 is 28.3 Å². The number of hydrogen-bond donors (Lipinski definition) is 3. The van der Waals surface area contributed by atoms with E-state index in [0.717, 1.165) is 27.7 Å². The minimum Gasteiger partial charge on any atom is -0.487 e. The highest BCUT2D eigenvalue weighted by Crippen LogP contribution is 2.32. The molecule has 1 aliphatic heterocycles. The monoisotopic (exact) mass is 544 g/mol. The van der Waals surface area contributed by atoms with Crippen molar-refractivity contribution in [1.29, 1.82) is 0 Å². The quantitative estimate of drug-likeness (QED) is 0.252. The fraction of sp³-hybridized carbons (Fsp3) is 0.355. The molecule has 0 radical (unpaired) electrons. The number of fused-ring (bicyclic) bond motifs is 1. The van der Waals surface area contributed by atoms with Crippen LogP contribution in [-0.2, 0) is 10.2 Å². The number of urea groups is 1. The van der Waals surface area contributed by atoms with E-state index in [2.05, 4.69) is 31.4 Å². The van der Waals surface area contributed by atoms with E-state index < -0.39 is 0 Å². The van der Waals surface area contributed by atoms with Gasteiger partial charge in [-0.05, 0) is 31.2 Å². The van der Waals surface area contributed by atoms with Gasteiger partial charge in [0.25, 0.3) is 0 Å². The molecule has 0 atom stereocenters. The Balaban J connectivity index is 1.34. The zero-order valence-electron chi connectivity index (χ0n) is 23.6. The Hall–Kier alpha value is -3.92. The summed E-state index contributed by atoms with van der Waals surface area (Å²) in [4.78, 5) is 13.3. The third-order valence-corrected chi connectivity index (χ3v) is 7.20. The zero-order valence-corrected chi connectivity index (χ0v) is 23.6. The molecule has 1 fully saturated rings. The summed E-state index contributed by atoms with van der Waals surface area (Å²) in [6, 6.07) is 21.1. The van der Waals surface area contributed by atoms with E-state index in [-0.39, 0.29) is 16.1 Å². The number of anilines is 2. The van der Waals surface area contributed by atoms with Gasteiger partial charge in [-0.1, -0.05) is 62.7 Å². The minimum atomic E-state index is -0.369. The molecule has 0 aliphatic carbocycles. The van der Waals surface area contributed by atoms with Gasteiger partial charge in [0.2, 0.25) is 0 Å². The second-order valence-corrected chi connectivity index (χ2v) is 11.4. The van der Waals surface area contributed by atoms with E-state index in [1.54, 1.807) is 4.68 Å². The van der Waals surface area contributed by atoms with Gasteiger partial charge in [-0.15, -0.1) is 0 Å². The Kier molecular flexibility index (Phi) is 7.80. The van der Waals surface area contributed by atoms with Crippen LogP contribution in [0.2, 0.25) is 0 Å². The maximum absolute atomic E-state index is 13.3. The predicted octanol–water partition coefficient (Wildman–Crippen LogP) is 5.89. The van der Waals surface area contributed by atoms with Crippen LogP contribution in [0.3, 0.4) is 0 Å². The van der Waals surface area contributed by atoms with Crippen LogP contribution in [0.15, 0.2) is 66.7 Å². The summed E-state index contributed by atoms with van der Waals surface area (Å²) in [5.74, 6) is 1.29.